The van der Waals surface area contributed by atoms with E-state index in [9.17, 15) is 9.59 Å². The van der Waals surface area contributed by atoms with E-state index in [1.807, 2.05) is 6.08 Å². The number of fused-ring (bicyclic) bond motifs is 5. The summed E-state index contributed by atoms with van der Waals surface area (Å²) >= 11 is 2.37. The highest BCUT2D eigenvalue weighted by Crippen LogP contribution is 2.66. The van der Waals surface area contributed by atoms with Gasteiger partial charge in [0.15, 0.2) is 5.78 Å². The fourth-order valence-electron chi connectivity index (χ4n) is 7.27. The Morgan fingerprint density at radius 3 is 2.62 bits per heavy atom. The van der Waals surface area contributed by atoms with Crippen LogP contribution in [0.25, 0.3) is 0 Å². The highest BCUT2D eigenvalue weighted by molar-refractivity contribution is 14.1. The van der Waals surface area contributed by atoms with Gasteiger partial charge < -0.3 is 4.74 Å². The second kappa shape index (κ2) is 6.31. The molecule has 3 nitrogen and oxygen atoms in total. The molecule has 4 heteroatoms. The average Bonchev–Trinajstić information content (AvgIpc) is 2.91. The number of rotatable bonds is 1. The highest BCUT2D eigenvalue weighted by atomic mass is 127. The Balaban J connectivity index is 1.67. The summed E-state index contributed by atoms with van der Waals surface area (Å²) in [6, 6.07) is 0. The number of hydrogen-bond acceptors (Lipinski definition) is 3. The van der Waals surface area contributed by atoms with Gasteiger partial charge in [-0.2, -0.15) is 0 Å². The third-order valence-electron chi connectivity index (χ3n) is 8.84. The van der Waals surface area contributed by atoms with Gasteiger partial charge in [0.2, 0.25) is 0 Å². The van der Waals surface area contributed by atoms with E-state index in [0.29, 0.717) is 29.5 Å². The van der Waals surface area contributed by atoms with E-state index in [2.05, 4.69) is 43.4 Å². The zero-order valence-corrected chi connectivity index (χ0v) is 18.5. The fraction of sp³-hybridized carbons (Fsp3) is 0.818. The molecule has 0 aromatic heterocycles. The number of carbonyl (C=O) groups excluding carboxylic acids is 2. The van der Waals surface area contributed by atoms with Gasteiger partial charge in [-0.15, -0.1) is 0 Å². The van der Waals surface area contributed by atoms with Crippen LogP contribution in [0.15, 0.2) is 11.6 Å². The number of allylic oxidation sites excluding steroid dienone is 1. The van der Waals surface area contributed by atoms with Crippen molar-refractivity contribution in [2.24, 2.45) is 34.5 Å². The normalized spacial score (nSPS) is 50.3. The molecule has 3 unspecified atom stereocenters. The summed E-state index contributed by atoms with van der Waals surface area (Å²) in [4.78, 5) is 24.0. The van der Waals surface area contributed by atoms with Gasteiger partial charge in [0.05, 0.1) is 3.92 Å². The van der Waals surface area contributed by atoms with E-state index in [1.54, 1.807) is 6.92 Å². The number of esters is 1. The molecule has 4 aliphatic carbocycles. The molecule has 0 heterocycles. The zero-order chi connectivity index (χ0) is 18.9. The van der Waals surface area contributed by atoms with Crippen molar-refractivity contribution < 1.29 is 14.3 Å². The lowest BCUT2D eigenvalue weighted by Gasteiger charge is -2.60. The van der Waals surface area contributed by atoms with E-state index in [4.69, 9.17) is 4.74 Å². The van der Waals surface area contributed by atoms with E-state index in [-0.39, 0.29) is 26.8 Å². The Morgan fingerprint density at radius 2 is 1.92 bits per heavy atom. The van der Waals surface area contributed by atoms with Crippen molar-refractivity contribution in [2.75, 3.05) is 0 Å². The molecule has 3 saturated carbocycles. The smallest absolute Gasteiger partial charge is 0.302 e. The van der Waals surface area contributed by atoms with Gasteiger partial charge in [0, 0.05) is 12.3 Å². The summed E-state index contributed by atoms with van der Waals surface area (Å²) in [6.45, 7) is 8.66. The minimum atomic E-state index is -0.132. The third kappa shape index (κ3) is 2.49. The lowest BCUT2D eigenvalue weighted by molar-refractivity contribution is -0.157. The summed E-state index contributed by atoms with van der Waals surface area (Å²) in [5, 5.41) is 0. The Labute approximate surface area is 170 Å². The van der Waals surface area contributed by atoms with Crippen LogP contribution in [0.3, 0.4) is 0 Å². The number of carbonyl (C=O) groups is 2. The van der Waals surface area contributed by atoms with Crippen molar-refractivity contribution >= 4 is 34.3 Å². The minimum absolute atomic E-state index is 0.0957. The quantitative estimate of drug-likeness (QED) is 0.304. The van der Waals surface area contributed by atoms with Crippen molar-refractivity contribution in [2.45, 2.75) is 76.2 Å². The largest absolute Gasteiger partial charge is 0.462 e. The molecule has 0 spiro atoms. The maximum absolute atomic E-state index is 12.4. The van der Waals surface area contributed by atoms with Crippen LogP contribution < -0.4 is 0 Å². The predicted octanol–water partition coefficient (Wildman–Crippen LogP) is 5.11. The molecule has 144 valence electrons. The number of ether oxygens (including phenoxy) is 1. The molecule has 4 aliphatic rings. The number of halogens is 1. The maximum atomic E-state index is 12.4. The lowest BCUT2D eigenvalue weighted by Crippen LogP contribution is -2.55. The van der Waals surface area contributed by atoms with Crippen LogP contribution in [-0.2, 0) is 14.3 Å². The summed E-state index contributed by atoms with van der Waals surface area (Å²) in [7, 11) is 0. The predicted molar refractivity (Wildman–Crippen MR) is 110 cm³/mol. The summed E-state index contributed by atoms with van der Waals surface area (Å²) in [5.41, 5.74) is 1.72. The minimum Gasteiger partial charge on any atom is -0.462 e. The van der Waals surface area contributed by atoms with Crippen molar-refractivity contribution in [3.63, 3.8) is 0 Å². The first-order chi connectivity index (χ1) is 12.2. The van der Waals surface area contributed by atoms with Crippen LogP contribution in [0, 0.1) is 34.5 Å². The third-order valence-corrected chi connectivity index (χ3v) is 10.5. The van der Waals surface area contributed by atoms with Crippen molar-refractivity contribution in [3.8, 4) is 0 Å². The van der Waals surface area contributed by atoms with E-state index >= 15 is 0 Å². The molecule has 0 aromatic rings. The van der Waals surface area contributed by atoms with Gasteiger partial charge in [-0.05, 0) is 73.7 Å². The summed E-state index contributed by atoms with van der Waals surface area (Å²) < 4.78 is 5.85. The average molecular weight is 470 g/mol. The molecule has 3 fully saturated rings. The fourth-order valence-corrected chi connectivity index (χ4v) is 8.20. The van der Waals surface area contributed by atoms with Crippen molar-refractivity contribution in [3.05, 3.63) is 11.6 Å². The van der Waals surface area contributed by atoms with Crippen LogP contribution in [0.4, 0.5) is 0 Å². The first-order valence-corrected chi connectivity index (χ1v) is 11.5. The Hall–Kier alpha value is -0.390. The molecule has 26 heavy (non-hydrogen) atoms. The van der Waals surface area contributed by atoms with Crippen LogP contribution in [0.1, 0.15) is 66.2 Å². The van der Waals surface area contributed by atoms with E-state index in [1.165, 1.54) is 24.8 Å². The topological polar surface area (TPSA) is 43.4 Å². The SMILES string of the molecule is CC(=O)OC1CC[C@H]2[C@@H]3CCC4=CC(=O)C(I)C(C)[C@]4(C)[C@@H]3CC[C@]12C. The van der Waals surface area contributed by atoms with Gasteiger partial charge in [0.1, 0.15) is 6.10 Å². The van der Waals surface area contributed by atoms with Gasteiger partial charge in [-0.3, -0.25) is 9.59 Å². The summed E-state index contributed by atoms with van der Waals surface area (Å²) in [5.74, 6) is 2.61. The Bertz CT molecular complexity index is 670. The molecule has 4 rings (SSSR count). The zero-order valence-electron chi connectivity index (χ0n) is 16.4. The highest BCUT2D eigenvalue weighted by Gasteiger charge is 2.61. The molecule has 0 bridgehead atoms. The first-order valence-electron chi connectivity index (χ1n) is 10.3. The maximum Gasteiger partial charge on any atom is 0.302 e. The Kier molecular flexibility index (Phi) is 4.60. The molecule has 8 atom stereocenters. The van der Waals surface area contributed by atoms with Crippen LogP contribution in [0.2, 0.25) is 0 Å². The number of ketones is 1. The van der Waals surface area contributed by atoms with Crippen LogP contribution in [-0.4, -0.2) is 21.8 Å². The molecule has 0 saturated heterocycles. The monoisotopic (exact) mass is 470 g/mol. The standard InChI is InChI=1S/C22H31IO3/c1-12-20(23)18(25)11-14-5-6-15-16-7-8-19(26-13(2)24)21(16,3)10-9-17(15)22(12,14)4/h11-12,15-17,19-20H,5-10H2,1-4H3/t12?,15-,16-,17+,19?,20?,21-,22-/m0/s1. The molecular weight excluding hydrogens is 439 g/mol. The molecule has 0 aliphatic heterocycles. The van der Waals surface area contributed by atoms with Gasteiger partial charge in [0.25, 0.3) is 0 Å². The molecule has 0 amide bonds. The second-order valence-electron chi connectivity index (χ2n) is 9.68. The molecule has 0 N–H and O–H groups in total. The molecule has 0 radical (unpaired) electrons. The lowest BCUT2D eigenvalue weighted by atomic mass is 9.45. The van der Waals surface area contributed by atoms with Gasteiger partial charge in [-0.25, -0.2) is 0 Å². The van der Waals surface area contributed by atoms with E-state index < -0.39 is 0 Å². The molecular formula is C22H31IO3. The van der Waals surface area contributed by atoms with Gasteiger partial charge >= 0.3 is 5.97 Å². The van der Waals surface area contributed by atoms with Crippen LogP contribution in [0.5, 0.6) is 0 Å². The summed E-state index contributed by atoms with van der Waals surface area (Å²) in [6.07, 6.45) is 8.92. The second-order valence-corrected chi connectivity index (χ2v) is 11.0. The molecule has 0 aromatic carbocycles. The van der Waals surface area contributed by atoms with Gasteiger partial charge in [-0.1, -0.05) is 48.9 Å². The van der Waals surface area contributed by atoms with Crippen LogP contribution >= 0.6 is 22.6 Å². The number of hydrogen-bond donors (Lipinski definition) is 0. The first kappa shape index (κ1) is 18.9. The Morgan fingerprint density at radius 1 is 1.19 bits per heavy atom. The number of alkyl halides is 1. The van der Waals surface area contributed by atoms with E-state index in [0.717, 1.165) is 19.3 Å². The van der Waals surface area contributed by atoms with Crippen molar-refractivity contribution in [1.82, 2.24) is 0 Å². The van der Waals surface area contributed by atoms with Crippen molar-refractivity contribution in [1.29, 1.82) is 0 Å².